The van der Waals surface area contributed by atoms with E-state index in [1.165, 1.54) is 6.07 Å². The smallest absolute Gasteiger partial charge is 0.416 e. The fraction of sp³-hybridized carbons (Fsp3) is 0.294. The van der Waals surface area contributed by atoms with Crippen molar-refractivity contribution in [3.05, 3.63) is 53.1 Å². The first-order valence-electron chi connectivity index (χ1n) is 7.06. The van der Waals surface area contributed by atoms with Crippen LogP contribution >= 0.6 is 0 Å². The molecule has 2 aromatic carbocycles. The highest BCUT2D eigenvalue weighted by Gasteiger charge is 2.35. The molecule has 0 bridgehead atoms. The molecule has 1 heterocycles. The Kier molecular flexibility index (Phi) is 3.60. The summed E-state index contributed by atoms with van der Waals surface area (Å²) in [5, 5.41) is 0. The fourth-order valence-electron chi connectivity index (χ4n) is 2.68. The summed E-state index contributed by atoms with van der Waals surface area (Å²) in [5.74, 6) is 0.521. The van der Waals surface area contributed by atoms with Gasteiger partial charge in [-0.05, 0) is 30.2 Å². The number of aryl methyl sites for hydroxylation is 1. The second kappa shape index (κ2) is 5.32. The highest BCUT2D eigenvalue weighted by atomic mass is 19.4. The van der Waals surface area contributed by atoms with Gasteiger partial charge in [-0.15, -0.1) is 0 Å². The number of halogens is 3. The lowest BCUT2D eigenvalue weighted by Crippen LogP contribution is -2.24. The molecule has 1 atom stereocenters. The minimum absolute atomic E-state index is 0.261. The first-order valence-corrected chi connectivity index (χ1v) is 7.06. The Labute approximate surface area is 126 Å². The van der Waals surface area contributed by atoms with Gasteiger partial charge >= 0.3 is 6.18 Å². The third-order valence-electron chi connectivity index (χ3n) is 3.85. The molecule has 5 heteroatoms. The molecule has 2 aromatic rings. The van der Waals surface area contributed by atoms with E-state index in [1.54, 1.807) is 0 Å². The molecule has 0 saturated carbocycles. The van der Waals surface area contributed by atoms with Crippen LogP contribution in [0.4, 0.5) is 13.2 Å². The molecule has 1 aliphatic heterocycles. The van der Waals surface area contributed by atoms with Crippen LogP contribution in [0.15, 0.2) is 36.4 Å². The van der Waals surface area contributed by atoms with E-state index in [0.717, 1.165) is 11.6 Å². The molecule has 3 rings (SSSR count). The molecule has 2 nitrogen and oxygen atoms in total. The molecule has 0 spiro atoms. The number of nitrogens with two attached hydrogens (primary N) is 1. The van der Waals surface area contributed by atoms with Crippen molar-refractivity contribution in [2.45, 2.75) is 25.6 Å². The van der Waals surface area contributed by atoms with Crippen molar-refractivity contribution in [2.75, 3.05) is 6.54 Å². The van der Waals surface area contributed by atoms with E-state index >= 15 is 0 Å². The van der Waals surface area contributed by atoms with Crippen LogP contribution in [0.5, 0.6) is 5.75 Å². The van der Waals surface area contributed by atoms with Crippen molar-refractivity contribution in [3.8, 4) is 16.9 Å². The summed E-state index contributed by atoms with van der Waals surface area (Å²) >= 11 is 0. The highest BCUT2D eigenvalue weighted by Crippen LogP contribution is 2.43. The average molecular weight is 307 g/mol. The minimum Gasteiger partial charge on any atom is -0.488 e. The summed E-state index contributed by atoms with van der Waals surface area (Å²) in [6, 6.07) is 9.69. The largest absolute Gasteiger partial charge is 0.488 e. The summed E-state index contributed by atoms with van der Waals surface area (Å²) in [6.07, 6.45) is -4.23. The van der Waals surface area contributed by atoms with Crippen molar-refractivity contribution in [1.82, 2.24) is 0 Å². The first kappa shape index (κ1) is 14.9. The predicted molar refractivity (Wildman–Crippen MR) is 78.8 cm³/mol. The van der Waals surface area contributed by atoms with Crippen LogP contribution in [0.2, 0.25) is 0 Å². The Morgan fingerprint density at radius 3 is 2.45 bits per heavy atom. The third kappa shape index (κ3) is 2.68. The fourth-order valence-corrected chi connectivity index (χ4v) is 2.68. The van der Waals surface area contributed by atoms with Gasteiger partial charge in [-0.25, -0.2) is 0 Å². The zero-order valence-electron chi connectivity index (χ0n) is 12.1. The number of hydrogen-bond donors (Lipinski definition) is 1. The molecule has 0 aliphatic carbocycles. The molecule has 116 valence electrons. The van der Waals surface area contributed by atoms with Crippen LogP contribution in [0.1, 0.15) is 16.7 Å². The minimum atomic E-state index is -4.38. The van der Waals surface area contributed by atoms with Gasteiger partial charge in [-0.1, -0.05) is 29.8 Å². The SMILES string of the molecule is Cc1ccc(-c2cc(C(F)(F)F)cc3c2OC(CN)C3)cc1. The van der Waals surface area contributed by atoms with Crippen molar-refractivity contribution >= 4 is 0 Å². The lowest BCUT2D eigenvalue weighted by molar-refractivity contribution is -0.137. The molecule has 2 N–H and O–H groups in total. The summed E-state index contributed by atoms with van der Waals surface area (Å²) in [6.45, 7) is 2.21. The Balaban J connectivity index is 2.16. The Hall–Kier alpha value is -2.01. The van der Waals surface area contributed by atoms with Crippen LogP contribution in [-0.2, 0) is 12.6 Å². The third-order valence-corrected chi connectivity index (χ3v) is 3.85. The van der Waals surface area contributed by atoms with Gasteiger partial charge < -0.3 is 10.5 Å². The Bertz CT molecular complexity index is 692. The van der Waals surface area contributed by atoms with E-state index in [2.05, 4.69) is 0 Å². The molecule has 0 saturated heterocycles. The van der Waals surface area contributed by atoms with Gasteiger partial charge in [-0.2, -0.15) is 13.2 Å². The molecule has 22 heavy (non-hydrogen) atoms. The number of rotatable bonds is 2. The molecule has 0 amide bonds. The maximum atomic E-state index is 13.1. The molecule has 1 aliphatic rings. The predicted octanol–water partition coefficient (Wildman–Crippen LogP) is 3.94. The summed E-state index contributed by atoms with van der Waals surface area (Å²) < 4.78 is 45.1. The van der Waals surface area contributed by atoms with Gasteiger partial charge in [-0.3, -0.25) is 0 Å². The Morgan fingerprint density at radius 1 is 1.18 bits per heavy atom. The zero-order chi connectivity index (χ0) is 15.9. The van der Waals surface area contributed by atoms with Crippen LogP contribution in [-0.4, -0.2) is 12.6 Å². The second-order valence-electron chi connectivity index (χ2n) is 5.56. The maximum Gasteiger partial charge on any atom is 0.416 e. The van der Waals surface area contributed by atoms with E-state index in [4.69, 9.17) is 10.5 Å². The summed E-state index contributed by atoms with van der Waals surface area (Å²) in [7, 11) is 0. The van der Waals surface area contributed by atoms with Crippen LogP contribution in [0.3, 0.4) is 0 Å². The lowest BCUT2D eigenvalue weighted by Gasteiger charge is -2.14. The molecular weight excluding hydrogens is 291 g/mol. The normalized spacial score (nSPS) is 17.2. The summed E-state index contributed by atoms with van der Waals surface area (Å²) in [4.78, 5) is 0. The van der Waals surface area contributed by atoms with Gasteiger partial charge in [0.2, 0.25) is 0 Å². The number of benzene rings is 2. The molecule has 0 radical (unpaired) electrons. The van der Waals surface area contributed by atoms with Crippen LogP contribution in [0.25, 0.3) is 11.1 Å². The van der Waals surface area contributed by atoms with Gasteiger partial charge in [0.15, 0.2) is 0 Å². The second-order valence-corrected chi connectivity index (χ2v) is 5.56. The maximum absolute atomic E-state index is 13.1. The molecule has 1 unspecified atom stereocenters. The molecule has 0 fully saturated rings. The van der Waals surface area contributed by atoms with E-state index in [9.17, 15) is 13.2 Å². The lowest BCUT2D eigenvalue weighted by atomic mass is 9.96. The quantitative estimate of drug-likeness (QED) is 0.912. The molecule has 0 aromatic heterocycles. The standard InChI is InChI=1S/C17H16F3NO/c1-10-2-4-11(5-3-10)15-8-13(17(18,19)20)6-12-7-14(9-21)22-16(12)15/h2-6,8,14H,7,9,21H2,1H3. The van der Waals surface area contributed by atoms with Gasteiger partial charge in [0.25, 0.3) is 0 Å². The number of alkyl halides is 3. The van der Waals surface area contributed by atoms with E-state index in [1.807, 2.05) is 31.2 Å². The van der Waals surface area contributed by atoms with Crippen molar-refractivity contribution in [2.24, 2.45) is 5.73 Å². The van der Waals surface area contributed by atoms with Crippen molar-refractivity contribution in [1.29, 1.82) is 0 Å². The topological polar surface area (TPSA) is 35.2 Å². The zero-order valence-corrected chi connectivity index (χ0v) is 12.1. The average Bonchev–Trinajstić information content (AvgIpc) is 2.89. The molecular formula is C17H16F3NO. The van der Waals surface area contributed by atoms with E-state index in [-0.39, 0.29) is 12.6 Å². The van der Waals surface area contributed by atoms with Crippen LogP contribution in [0, 0.1) is 6.92 Å². The summed E-state index contributed by atoms with van der Waals surface area (Å²) in [5.41, 5.74) is 7.75. The number of fused-ring (bicyclic) bond motifs is 1. The van der Waals surface area contributed by atoms with Gasteiger partial charge in [0.05, 0.1) is 5.56 Å². The monoisotopic (exact) mass is 307 g/mol. The van der Waals surface area contributed by atoms with Gasteiger partial charge in [0, 0.05) is 18.5 Å². The Morgan fingerprint density at radius 2 is 1.86 bits per heavy atom. The van der Waals surface area contributed by atoms with Gasteiger partial charge in [0.1, 0.15) is 11.9 Å². The number of hydrogen-bond acceptors (Lipinski definition) is 2. The first-order chi connectivity index (χ1) is 10.4. The van der Waals surface area contributed by atoms with E-state index in [0.29, 0.717) is 28.9 Å². The number of ether oxygens (including phenoxy) is 1. The van der Waals surface area contributed by atoms with Crippen LogP contribution < -0.4 is 10.5 Å². The van der Waals surface area contributed by atoms with Crippen molar-refractivity contribution < 1.29 is 17.9 Å². The van der Waals surface area contributed by atoms with Crippen molar-refractivity contribution in [3.63, 3.8) is 0 Å². The highest BCUT2D eigenvalue weighted by molar-refractivity contribution is 5.74. The van der Waals surface area contributed by atoms with E-state index < -0.39 is 11.7 Å².